The highest BCUT2D eigenvalue weighted by molar-refractivity contribution is 5.71. The van der Waals surface area contributed by atoms with Crippen molar-refractivity contribution in [3.8, 4) is 0 Å². The van der Waals surface area contributed by atoms with Crippen LogP contribution in [0.3, 0.4) is 0 Å². The quantitative estimate of drug-likeness (QED) is 0.0261. The smallest absolute Gasteiger partial charge is 0.306 e. The largest absolute Gasteiger partial charge is 0.462 e. The molecule has 0 heterocycles. The SMILES string of the molecule is CC/C=C\C/C=C\C/C=C\C/C=C\C/C=C\C/C=C\CCCCCCCCCCC(=O)OCC(COC(=O)CCCCCCCCCCCC)OC(=O)CCCCCCCCCCCC/C=C\C/C=C\C/C=C\CCCCCCC. The molecule has 0 aromatic heterocycles. The third-order valence-electron chi connectivity index (χ3n) is 14.5. The first kappa shape index (κ1) is 76.1. The average molecular weight is 1110 g/mol. The Morgan fingerprint density at radius 3 is 0.762 bits per heavy atom. The first-order chi connectivity index (χ1) is 39.5. The third kappa shape index (κ3) is 64.9. The standard InChI is InChI=1S/C74H126O6/c1-4-7-10-13-16-19-22-24-26-28-30-32-34-36-37-39-40-42-44-46-48-50-52-55-58-61-64-67-73(76)79-70-71(69-78-72(75)66-63-60-57-54-21-18-15-12-9-6-3)80-74(77)68-65-62-59-56-53-51-49-47-45-43-41-38-35-33-31-29-27-25-23-20-17-14-11-8-5-2/h7,10,16,19,23-26,29-32,35-38,40,42,71H,4-6,8-9,11-15,17-18,20-22,27-28,33-34,39,41,43-70H2,1-3H3/b10-7-,19-16-,25-23-,26-24-,31-29-,32-30-,37-36-,38-35-,42-40-. The van der Waals surface area contributed by atoms with Crippen molar-refractivity contribution in [2.24, 2.45) is 0 Å². The van der Waals surface area contributed by atoms with Gasteiger partial charge in [-0.05, 0) is 109 Å². The molecule has 0 N–H and O–H groups in total. The molecule has 0 aliphatic heterocycles. The molecular formula is C74H126O6. The van der Waals surface area contributed by atoms with Crippen molar-refractivity contribution in [3.63, 3.8) is 0 Å². The number of carbonyl (C=O) groups is 3. The van der Waals surface area contributed by atoms with Crippen molar-refractivity contribution in [1.82, 2.24) is 0 Å². The summed E-state index contributed by atoms with van der Waals surface area (Å²) in [6, 6.07) is 0. The maximum Gasteiger partial charge on any atom is 0.306 e. The van der Waals surface area contributed by atoms with Gasteiger partial charge >= 0.3 is 17.9 Å². The lowest BCUT2D eigenvalue weighted by Crippen LogP contribution is -2.30. The molecule has 0 amide bonds. The van der Waals surface area contributed by atoms with E-state index in [0.717, 1.165) is 116 Å². The fourth-order valence-electron chi connectivity index (χ4n) is 9.45. The van der Waals surface area contributed by atoms with E-state index in [0.29, 0.717) is 19.3 Å². The summed E-state index contributed by atoms with van der Waals surface area (Å²) in [6.45, 7) is 6.52. The van der Waals surface area contributed by atoms with E-state index in [1.165, 1.54) is 167 Å². The number of ether oxygens (including phenoxy) is 3. The van der Waals surface area contributed by atoms with Gasteiger partial charge in [0.1, 0.15) is 13.2 Å². The predicted octanol–water partition coefficient (Wildman–Crippen LogP) is 23.4. The normalized spacial score (nSPS) is 12.8. The van der Waals surface area contributed by atoms with E-state index in [9.17, 15) is 14.4 Å². The molecule has 0 rings (SSSR count). The first-order valence-corrected chi connectivity index (χ1v) is 33.9. The topological polar surface area (TPSA) is 78.9 Å². The summed E-state index contributed by atoms with van der Waals surface area (Å²) in [5.41, 5.74) is 0. The minimum Gasteiger partial charge on any atom is -0.462 e. The van der Waals surface area contributed by atoms with E-state index in [1.807, 2.05) is 0 Å². The lowest BCUT2D eigenvalue weighted by molar-refractivity contribution is -0.167. The molecule has 458 valence electrons. The molecule has 0 spiro atoms. The second kappa shape index (κ2) is 67.6. The van der Waals surface area contributed by atoms with Gasteiger partial charge < -0.3 is 14.2 Å². The van der Waals surface area contributed by atoms with Crippen LogP contribution in [0, 0.1) is 0 Å². The maximum absolute atomic E-state index is 12.9. The molecule has 80 heavy (non-hydrogen) atoms. The minimum absolute atomic E-state index is 0.0804. The van der Waals surface area contributed by atoms with Gasteiger partial charge in [0, 0.05) is 19.3 Å². The molecule has 0 aliphatic carbocycles. The van der Waals surface area contributed by atoms with Gasteiger partial charge in [-0.25, -0.2) is 0 Å². The molecule has 6 nitrogen and oxygen atoms in total. The first-order valence-electron chi connectivity index (χ1n) is 33.9. The molecule has 6 heteroatoms. The predicted molar refractivity (Wildman–Crippen MR) is 348 cm³/mol. The Labute approximate surface area is 495 Å². The Kier molecular flexibility index (Phi) is 64.3. The summed E-state index contributed by atoms with van der Waals surface area (Å²) >= 11 is 0. The molecule has 0 saturated carbocycles. The Hall–Kier alpha value is -3.93. The van der Waals surface area contributed by atoms with Crippen molar-refractivity contribution in [1.29, 1.82) is 0 Å². The average Bonchev–Trinajstić information content (AvgIpc) is 3.46. The summed E-state index contributed by atoms with van der Waals surface area (Å²) in [6.07, 6.45) is 92.5. The van der Waals surface area contributed by atoms with Gasteiger partial charge in [0.2, 0.25) is 0 Å². The third-order valence-corrected chi connectivity index (χ3v) is 14.5. The van der Waals surface area contributed by atoms with Crippen molar-refractivity contribution < 1.29 is 28.6 Å². The number of rotatable bonds is 61. The number of carbonyl (C=O) groups excluding carboxylic acids is 3. The molecule has 0 fully saturated rings. The lowest BCUT2D eigenvalue weighted by Gasteiger charge is -2.18. The number of hydrogen-bond acceptors (Lipinski definition) is 6. The highest BCUT2D eigenvalue weighted by atomic mass is 16.6. The van der Waals surface area contributed by atoms with Crippen LogP contribution in [0.2, 0.25) is 0 Å². The van der Waals surface area contributed by atoms with Crippen LogP contribution in [0.15, 0.2) is 109 Å². The fraction of sp³-hybridized carbons (Fsp3) is 0.716. The number of esters is 3. The number of allylic oxidation sites excluding steroid dienone is 18. The van der Waals surface area contributed by atoms with E-state index in [-0.39, 0.29) is 31.1 Å². The van der Waals surface area contributed by atoms with Crippen molar-refractivity contribution >= 4 is 17.9 Å². The van der Waals surface area contributed by atoms with Crippen molar-refractivity contribution in [3.05, 3.63) is 109 Å². The van der Waals surface area contributed by atoms with Gasteiger partial charge in [-0.2, -0.15) is 0 Å². The highest BCUT2D eigenvalue weighted by Gasteiger charge is 2.19. The number of hydrogen-bond donors (Lipinski definition) is 0. The number of unbranched alkanes of at least 4 members (excludes halogenated alkanes) is 32. The summed E-state index contributed by atoms with van der Waals surface area (Å²) < 4.78 is 16.9. The van der Waals surface area contributed by atoms with Gasteiger partial charge in [-0.15, -0.1) is 0 Å². The maximum atomic E-state index is 12.9. The Morgan fingerprint density at radius 2 is 0.487 bits per heavy atom. The van der Waals surface area contributed by atoms with Crippen LogP contribution in [0.25, 0.3) is 0 Å². The zero-order chi connectivity index (χ0) is 57.8. The van der Waals surface area contributed by atoms with Gasteiger partial charge in [0.05, 0.1) is 0 Å². The minimum atomic E-state index is -0.784. The second-order valence-electron chi connectivity index (χ2n) is 22.4. The van der Waals surface area contributed by atoms with Gasteiger partial charge in [-0.3, -0.25) is 14.4 Å². The van der Waals surface area contributed by atoms with E-state index >= 15 is 0 Å². The van der Waals surface area contributed by atoms with E-state index in [2.05, 4.69) is 130 Å². The monoisotopic (exact) mass is 1110 g/mol. The molecular weight excluding hydrogens is 985 g/mol. The van der Waals surface area contributed by atoms with Crippen LogP contribution in [0.5, 0.6) is 0 Å². The van der Waals surface area contributed by atoms with E-state index in [1.54, 1.807) is 0 Å². The van der Waals surface area contributed by atoms with Crippen LogP contribution in [0.4, 0.5) is 0 Å². The van der Waals surface area contributed by atoms with Crippen LogP contribution in [0.1, 0.15) is 323 Å². The molecule has 1 atom stereocenters. The zero-order valence-electron chi connectivity index (χ0n) is 52.6. The fourth-order valence-corrected chi connectivity index (χ4v) is 9.45. The summed E-state index contributed by atoms with van der Waals surface area (Å²) in [7, 11) is 0. The van der Waals surface area contributed by atoms with Crippen molar-refractivity contribution in [2.75, 3.05) is 13.2 Å². The highest BCUT2D eigenvalue weighted by Crippen LogP contribution is 2.16. The second-order valence-corrected chi connectivity index (χ2v) is 22.4. The zero-order valence-corrected chi connectivity index (χ0v) is 52.6. The lowest BCUT2D eigenvalue weighted by atomic mass is 10.0. The van der Waals surface area contributed by atoms with Crippen LogP contribution < -0.4 is 0 Å². The Bertz CT molecular complexity index is 1610. The van der Waals surface area contributed by atoms with Crippen LogP contribution in [-0.4, -0.2) is 37.2 Å². The van der Waals surface area contributed by atoms with E-state index < -0.39 is 6.10 Å². The molecule has 0 bridgehead atoms. The van der Waals surface area contributed by atoms with Gasteiger partial charge in [0.15, 0.2) is 6.10 Å². The Morgan fingerprint density at radius 1 is 0.263 bits per heavy atom. The molecule has 0 aliphatic rings. The van der Waals surface area contributed by atoms with E-state index in [4.69, 9.17) is 14.2 Å². The molecule has 0 saturated heterocycles. The summed E-state index contributed by atoms with van der Waals surface area (Å²) in [4.78, 5) is 38.3. The van der Waals surface area contributed by atoms with Crippen LogP contribution >= 0.6 is 0 Å². The molecule has 0 radical (unpaired) electrons. The molecule has 1 unspecified atom stereocenters. The van der Waals surface area contributed by atoms with Gasteiger partial charge in [-0.1, -0.05) is 304 Å². The Balaban J connectivity index is 4.27. The van der Waals surface area contributed by atoms with Gasteiger partial charge in [0.25, 0.3) is 0 Å². The molecule has 0 aromatic carbocycles. The summed E-state index contributed by atoms with van der Waals surface area (Å²) in [5.74, 6) is -0.885. The van der Waals surface area contributed by atoms with Crippen LogP contribution in [-0.2, 0) is 28.6 Å². The molecule has 0 aromatic rings. The van der Waals surface area contributed by atoms with Crippen molar-refractivity contribution in [2.45, 2.75) is 329 Å². The summed E-state index contributed by atoms with van der Waals surface area (Å²) in [5, 5.41) is 0.